The summed E-state index contributed by atoms with van der Waals surface area (Å²) in [6.07, 6.45) is 26.9. The summed E-state index contributed by atoms with van der Waals surface area (Å²) in [4.78, 5) is 11.7. The third-order valence-electron chi connectivity index (χ3n) is 5.50. The van der Waals surface area contributed by atoms with Crippen molar-refractivity contribution in [3.63, 3.8) is 0 Å². The Balaban J connectivity index is 3.13. The van der Waals surface area contributed by atoms with E-state index in [2.05, 4.69) is 13.8 Å². The Bertz CT molecular complexity index is 288. The van der Waals surface area contributed by atoms with Crippen molar-refractivity contribution in [1.82, 2.24) is 0 Å². The maximum absolute atomic E-state index is 11.7. The molecule has 0 bridgehead atoms. The van der Waals surface area contributed by atoms with Gasteiger partial charge in [-0.2, -0.15) is 0 Å². The highest BCUT2D eigenvalue weighted by Crippen LogP contribution is 2.12. The number of hydrogen-bond acceptors (Lipinski definition) is 2. The van der Waals surface area contributed by atoms with Crippen LogP contribution < -0.4 is 0 Å². The highest BCUT2D eigenvalue weighted by Gasteiger charge is 2.02. The van der Waals surface area contributed by atoms with Gasteiger partial charge in [-0.05, 0) is 12.8 Å². The summed E-state index contributed by atoms with van der Waals surface area (Å²) < 4.78 is 5.36. The first-order valence-electron chi connectivity index (χ1n) is 12.5. The first kappa shape index (κ1) is 26.5. The van der Waals surface area contributed by atoms with Crippen LogP contribution in [0.3, 0.4) is 0 Å². The van der Waals surface area contributed by atoms with Crippen molar-refractivity contribution in [3.8, 4) is 0 Å². The molecule has 0 aliphatic carbocycles. The highest BCUT2D eigenvalue weighted by molar-refractivity contribution is 5.69. The maximum atomic E-state index is 11.7. The van der Waals surface area contributed by atoms with Crippen molar-refractivity contribution < 1.29 is 9.53 Å². The Morgan fingerprint density at radius 1 is 0.481 bits per heavy atom. The summed E-state index contributed by atoms with van der Waals surface area (Å²) in [6, 6.07) is 0. The topological polar surface area (TPSA) is 26.3 Å². The molecule has 0 rings (SSSR count). The second-order valence-electron chi connectivity index (χ2n) is 8.33. The van der Waals surface area contributed by atoms with Gasteiger partial charge in [0.25, 0.3) is 0 Å². The summed E-state index contributed by atoms with van der Waals surface area (Å²) in [6.45, 7) is 5.16. The lowest BCUT2D eigenvalue weighted by Gasteiger charge is -2.05. The Labute approximate surface area is 171 Å². The lowest BCUT2D eigenvalue weighted by atomic mass is 10.1. The first-order valence-corrected chi connectivity index (χ1v) is 12.5. The van der Waals surface area contributed by atoms with E-state index in [4.69, 9.17) is 4.74 Å². The highest BCUT2D eigenvalue weighted by atomic mass is 16.5. The monoisotopic (exact) mass is 382 g/mol. The van der Waals surface area contributed by atoms with Crippen LogP contribution in [0.4, 0.5) is 0 Å². The zero-order chi connectivity index (χ0) is 19.8. The Morgan fingerprint density at radius 2 is 0.815 bits per heavy atom. The summed E-state index contributed by atoms with van der Waals surface area (Å²) in [7, 11) is 0. The van der Waals surface area contributed by atoms with Crippen LogP contribution >= 0.6 is 0 Å². The zero-order valence-corrected chi connectivity index (χ0v) is 18.9. The van der Waals surface area contributed by atoms with Gasteiger partial charge in [0.05, 0.1) is 6.61 Å². The number of carbonyl (C=O) groups is 1. The quantitative estimate of drug-likeness (QED) is 0.138. The van der Waals surface area contributed by atoms with E-state index < -0.39 is 0 Å². The van der Waals surface area contributed by atoms with Crippen LogP contribution in [0.5, 0.6) is 0 Å². The standard InChI is InChI=1S/C25H50O2/c1-3-5-7-9-11-13-14-16-18-20-22-24-27-25(26)23-21-19-17-15-12-10-8-6-4-2/h3-24H2,1-2H3. The van der Waals surface area contributed by atoms with E-state index in [1.54, 1.807) is 0 Å². The minimum absolute atomic E-state index is 0.0185. The number of ether oxygens (including phenoxy) is 1. The molecule has 0 aliphatic rings. The molecule has 0 aromatic heterocycles. The summed E-state index contributed by atoms with van der Waals surface area (Å²) in [5.41, 5.74) is 0. The van der Waals surface area contributed by atoms with Crippen LogP contribution in [-0.2, 0) is 9.53 Å². The van der Waals surface area contributed by atoms with Gasteiger partial charge in [0.2, 0.25) is 0 Å². The van der Waals surface area contributed by atoms with Crippen LogP contribution in [0.2, 0.25) is 0 Å². The number of carbonyl (C=O) groups excluding carboxylic acids is 1. The molecule has 2 heteroatoms. The van der Waals surface area contributed by atoms with E-state index in [1.807, 2.05) is 0 Å². The van der Waals surface area contributed by atoms with E-state index >= 15 is 0 Å². The van der Waals surface area contributed by atoms with Crippen molar-refractivity contribution in [2.24, 2.45) is 0 Å². The molecular weight excluding hydrogens is 332 g/mol. The molecule has 0 N–H and O–H groups in total. The van der Waals surface area contributed by atoms with Crippen molar-refractivity contribution in [2.45, 2.75) is 149 Å². The van der Waals surface area contributed by atoms with Gasteiger partial charge in [0.15, 0.2) is 0 Å². The Morgan fingerprint density at radius 3 is 1.22 bits per heavy atom. The molecule has 27 heavy (non-hydrogen) atoms. The van der Waals surface area contributed by atoms with E-state index in [1.165, 1.54) is 116 Å². The zero-order valence-electron chi connectivity index (χ0n) is 18.9. The molecule has 0 heterocycles. The molecule has 0 aliphatic heterocycles. The Kier molecular flexibility index (Phi) is 23.0. The molecule has 0 aromatic rings. The molecule has 0 unspecified atom stereocenters. The molecule has 0 radical (unpaired) electrons. The molecule has 0 amide bonds. The van der Waals surface area contributed by atoms with E-state index in [-0.39, 0.29) is 5.97 Å². The fourth-order valence-corrected chi connectivity index (χ4v) is 3.60. The molecule has 0 fully saturated rings. The number of unbranched alkanes of at least 4 members (excludes halogenated alkanes) is 18. The molecule has 2 nitrogen and oxygen atoms in total. The SMILES string of the molecule is CCCCCCCCCCCCCOC(=O)CCCCCCCCCCC. The average molecular weight is 383 g/mol. The van der Waals surface area contributed by atoms with Crippen molar-refractivity contribution in [1.29, 1.82) is 0 Å². The van der Waals surface area contributed by atoms with E-state index in [9.17, 15) is 4.79 Å². The second kappa shape index (κ2) is 23.5. The van der Waals surface area contributed by atoms with Gasteiger partial charge < -0.3 is 4.74 Å². The van der Waals surface area contributed by atoms with Crippen molar-refractivity contribution in [3.05, 3.63) is 0 Å². The fraction of sp³-hybridized carbons (Fsp3) is 0.960. The van der Waals surface area contributed by atoms with Crippen LogP contribution in [0, 0.1) is 0 Å². The predicted molar refractivity (Wildman–Crippen MR) is 119 cm³/mol. The average Bonchev–Trinajstić information content (AvgIpc) is 2.67. The largest absolute Gasteiger partial charge is 0.466 e. The Hall–Kier alpha value is -0.530. The third-order valence-corrected chi connectivity index (χ3v) is 5.50. The second-order valence-corrected chi connectivity index (χ2v) is 8.33. The summed E-state index contributed by atoms with van der Waals surface area (Å²) >= 11 is 0. The third kappa shape index (κ3) is 23.4. The van der Waals surface area contributed by atoms with Gasteiger partial charge in [0, 0.05) is 6.42 Å². The van der Waals surface area contributed by atoms with Crippen LogP contribution in [0.1, 0.15) is 149 Å². The minimum Gasteiger partial charge on any atom is -0.466 e. The molecule has 0 spiro atoms. The molecule has 0 saturated heterocycles. The van der Waals surface area contributed by atoms with Gasteiger partial charge >= 0.3 is 5.97 Å². The smallest absolute Gasteiger partial charge is 0.305 e. The van der Waals surface area contributed by atoms with Crippen LogP contribution in [-0.4, -0.2) is 12.6 Å². The van der Waals surface area contributed by atoms with E-state index in [0.717, 1.165) is 12.8 Å². The molecule has 0 atom stereocenters. The van der Waals surface area contributed by atoms with Gasteiger partial charge in [-0.25, -0.2) is 0 Å². The van der Waals surface area contributed by atoms with Gasteiger partial charge in [-0.3, -0.25) is 4.79 Å². The van der Waals surface area contributed by atoms with Gasteiger partial charge in [-0.1, -0.05) is 129 Å². The van der Waals surface area contributed by atoms with Crippen molar-refractivity contribution in [2.75, 3.05) is 6.61 Å². The number of rotatable bonds is 22. The minimum atomic E-state index is 0.0185. The maximum Gasteiger partial charge on any atom is 0.305 e. The first-order chi connectivity index (χ1) is 13.3. The normalized spacial score (nSPS) is 11.0. The van der Waals surface area contributed by atoms with E-state index in [0.29, 0.717) is 13.0 Å². The van der Waals surface area contributed by atoms with Gasteiger partial charge in [0.1, 0.15) is 0 Å². The van der Waals surface area contributed by atoms with Crippen LogP contribution in [0.15, 0.2) is 0 Å². The predicted octanol–water partition coefficient (Wildman–Crippen LogP) is 8.76. The van der Waals surface area contributed by atoms with Crippen molar-refractivity contribution >= 4 is 5.97 Å². The molecule has 162 valence electrons. The molecular formula is C25H50O2. The molecule has 0 saturated carbocycles. The molecule has 0 aromatic carbocycles. The number of hydrogen-bond donors (Lipinski definition) is 0. The fourth-order valence-electron chi connectivity index (χ4n) is 3.60. The number of esters is 1. The lowest BCUT2D eigenvalue weighted by molar-refractivity contribution is -0.143. The van der Waals surface area contributed by atoms with Gasteiger partial charge in [-0.15, -0.1) is 0 Å². The summed E-state index contributed by atoms with van der Waals surface area (Å²) in [5.74, 6) is 0.0185. The lowest BCUT2D eigenvalue weighted by Crippen LogP contribution is -2.05. The summed E-state index contributed by atoms with van der Waals surface area (Å²) in [5, 5.41) is 0. The van der Waals surface area contributed by atoms with Crippen LogP contribution in [0.25, 0.3) is 0 Å².